The van der Waals surface area contributed by atoms with Crippen LogP contribution in [0.5, 0.6) is 0 Å². The van der Waals surface area contributed by atoms with Gasteiger partial charge in [-0.05, 0) is 42.2 Å². The zero-order valence-corrected chi connectivity index (χ0v) is 15.8. The molecule has 146 valence electrons. The first-order chi connectivity index (χ1) is 13.3. The lowest BCUT2D eigenvalue weighted by Crippen LogP contribution is -2.46. The molecule has 3 N–H and O–H groups in total. The minimum absolute atomic E-state index is 0.192. The number of hydrogen-bond donors (Lipinski definition) is 3. The summed E-state index contributed by atoms with van der Waals surface area (Å²) in [6.45, 7) is 5.62. The van der Waals surface area contributed by atoms with E-state index in [1.165, 1.54) is 6.07 Å². The van der Waals surface area contributed by atoms with E-state index in [1.54, 1.807) is 13.0 Å². The Balaban J connectivity index is 1.99. The monoisotopic (exact) mass is 385 g/mol. The molecule has 0 saturated heterocycles. The number of amides is 3. The van der Waals surface area contributed by atoms with Crippen LogP contribution in [0.15, 0.2) is 53.7 Å². The van der Waals surface area contributed by atoms with Crippen molar-refractivity contribution in [2.24, 2.45) is 0 Å². The molecule has 0 spiro atoms. The smallest absolute Gasteiger partial charge is 0.319 e. The van der Waals surface area contributed by atoms with Crippen molar-refractivity contribution >= 4 is 17.6 Å². The van der Waals surface area contributed by atoms with E-state index in [0.717, 1.165) is 17.7 Å². The third kappa shape index (κ3) is 3.88. The highest BCUT2D eigenvalue weighted by Crippen LogP contribution is 2.30. The Morgan fingerprint density at radius 2 is 1.82 bits per heavy atom. The molecule has 1 heterocycles. The molecule has 3 amide bonds. The van der Waals surface area contributed by atoms with Gasteiger partial charge in [0.2, 0.25) is 0 Å². The summed E-state index contributed by atoms with van der Waals surface area (Å²) >= 11 is 0. The Morgan fingerprint density at radius 3 is 2.50 bits per heavy atom. The minimum atomic E-state index is -1.05. The number of nitrogens with one attached hydrogen (secondary N) is 3. The van der Waals surface area contributed by atoms with Crippen LogP contribution in [0.25, 0.3) is 0 Å². The highest BCUT2D eigenvalue weighted by molar-refractivity contribution is 6.07. The lowest BCUT2D eigenvalue weighted by atomic mass is 9.94. The Morgan fingerprint density at radius 1 is 1.11 bits per heavy atom. The van der Waals surface area contributed by atoms with Gasteiger partial charge in [0.25, 0.3) is 5.91 Å². The maximum absolute atomic E-state index is 13.7. The fourth-order valence-corrected chi connectivity index (χ4v) is 3.24. The van der Waals surface area contributed by atoms with Gasteiger partial charge in [-0.25, -0.2) is 13.6 Å². The Labute approximate surface area is 161 Å². The van der Waals surface area contributed by atoms with E-state index in [4.69, 9.17) is 0 Å². The van der Waals surface area contributed by atoms with Crippen LogP contribution in [0.4, 0.5) is 19.3 Å². The number of allylic oxidation sites excluding steroid dienone is 1. The van der Waals surface area contributed by atoms with Gasteiger partial charge in [0.1, 0.15) is 0 Å². The second-order valence-corrected chi connectivity index (χ2v) is 6.94. The molecular weight excluding hydrogens is 364 g/mol. The highest BCUT2D eigenvalue weighted by Gasteiger charge is 2.32. The molecule has 0 aromatic heterocycles. The van der Waals surface area contributed by atoms with Crippen LogP contribution in [0.3, 0.4) is 0 Å². The van der Waals surface area contributed by atoms with E-state index in [1.807, 2.05) is 32.0 Å². The zero-order valence-electron chi connectivity index (χ0n) is 15.8. The maximum atomic E-state index is 13.7. The highest BCUT2D eigenvalue weighted by atomic mass is 19.2. The lowest BCUT2D eigenvalue weighted by molar-refractivity contribution is -0.113. The van der Waals surface area contributed by atoms with Crippen LogP contribution in [0.2, 0.25) is 0 Å². The van der Waals surface area contributed by atoms with Gasteiger partial charge in [-0.3, -0.25) is 4.79 Å². The predicted molar refractivity (Wildman–Crippen MR) is 103 cm³/mol. The van der Waals surface area contributed by atoms with E-state index < -0.39 is 29.6 Å². The Kier molecular flexibility index (Phi) is 5.44. The molecule has 1 aliphatic heterocycles. The quantitative estimate of drug-likeness (QED) is 0.732. The van der Waals surface area contributed by atoms with Gasteiger partial charge in [-0.1, -0.05) is 38.1 Å². The third-order valence-corrected chi connectivity index (χ3v) is 4.62. The van der Waals surface area contributed by atoms with E-state index in [-0.39, 0.29) is 17.1 Å². The standard InChI is InChI=1S/C21H21F2N3O2/c1-11(2)14-6-4-5-7-17(14)25-20(27)18-12(3)24-21(28)26-19(18)13-8-9-15(22)16(23)10-13/h4-11,19H,1-3H3,(H,25,27)(H2,24,26,28)/t19-/m1/s1. The second kappa shape index (κ2) is 7.80. The van der Waals surface area contributed by atoms with Crippen molar-refractivity contribution in [3.05, 3.63) is 76.5 Å². The van der Waals surface area contributed by atoms with Crippen molar-refractivity contribution in [3.63, 3.8) is 0 Å². The topological polar surface area (TPSA) is 70.2 Å². The zero-order chi connectivity index (χ0) is 20.4. The van der Waals surface area contributed by atoms with Crippen LogP contribution < -0.4 is 16.0 Å². The van der Waals surface area contributed by atoms with Crippen molar-refractivity contribution in [1.82, 2.24) is 10.6 Å². The molecule has 5 nitrogen and oxygen atoms in total. The number of urea groups is 1. The predicted octanol–water partition coefficient (Wildman–Crippen LogP) is 4.35. The van der Waals surface area contributed by atoms with Crippen LogP contribution in [0, 0.1) is 11.6 Å². The minimum Gasteiger partial charge on any atom is -0.327 e. The number of carbonyl (C=O) groups is 2. The number of rotatable bonds is 4. The average molecular weight is 385 g/mol. The Hall–Kier alpha value is -3.22. The van der Waals surface area contributed by atoms with Gasteiger partial charge < -0.3 is 16.0 Å². The summed E-state index contributed by atoms with van der Waals surface area (Å²) in [5.41, 5.74) is 2.47. The third-order valence-electron chi connectivity index (χ3n) is 4.62. The molecule has 7 heteroatoms. The van der Waals surface area contributed by atoms with E-state index in [9.17, 15) is 18.4 Å². The van der Waals surface area contributed by atoms with E-state index in [0.29, 0.717) is 11.4 Å². The van der Waals surface area contributed by atoms with Gasteiger partial charge in [0, 0.05) is 11.4 Å². The fraction of sp³-hybridized carbons (Fsp3) is 0.238. The molecule has 2 aromatic carbocycles. The van der Waals surface area contributed by atoms with Crippen LogP contribution in [-0.2, 0) is 4.79 Å². The second-order valence-electron chi connectivity index (χ2n) is 6.94. The largest absolute Gasteiger partial charge is 0.327 e. The summed E-state index contributed by atoms with van der Waals surface area (Å²) in [4.78, 5) is 25.0. The van der Waals surface area contributed by atoms with Gasteiger partial charge in [0.05, 0.1) is 11.6 Å². The molecule has 0 fully saturated rings. The lowest BCUT2D eigenvalue weighted by Gasteiger charge is -2.29. The summed E-state index contributed by atoms with van der Waals surface area (Å²) in [5.74, 6) is -2.29. The fourth-order valence-electron chi connectivity index (χ4n) is 3.24. The SMILES string of the molecule is CC1=C(C(=O)Nc2ccccc2C(C)C)[C@@H](c2ccc(F)c(F)c2)NC(=O)N1. The van der Waals surface area contributed by atoms with Gasteiger partial charge >= 0.3 is 6.03 Å². The van der Waals surface area contributed by atoms with E-state index in [2.05, 4.69) is 16.0 Å². The molecular formula is C21H21F2N3O2. The molecule has 28 heavy (non-hydrogen) atoms. The summed E-state index contributed by atoms with van der Waals surface area (Å²) in [5, 5.41) is 8.04. The molecule has 3 rings (SSSR count). The number of halogens is 2. The number of para-hydroxylation sites is 1. The number of hydrogen-bond acceptors (Lipinski definition) is 2. The number of carbonyl (C=O) groups excluding carboxylic acids is 2. The maximum Gasteiger partial charge on any atom is 0.319 e. The summed E-state index contributed by atoms with van der Waals surface area (Å²) < 4.78 is 27.0. The number of anilines is 1. The van der Waals surface area contributed by atoms with Crippen molar-refractivity contribution < 1.29 is 18.4 Å². The van der Waals surface area contributed by atoms with Crippen molar-refractivity contribution in [2.75, 3.05) is 5.32 Å². The van der Waals surface area contributed by atoms with Gasteiger partial charge in [0.15, 0.2) is 11.6 Å². The Bertz CT molecular complexity index is 970. The first kappa shape index (κ1) is 19.5. The summed E-state index contributed by atoms with van der Waals surface area (Å²) in [6.07, 6.45) is 0. The molecule has 1 atom stereocenters. The average Bonchev–Trinajstić information content (AvgIpc) is 2.63. The van der Waals surface area contributed by atoms with Crippen LogP contribution in [-0.4, -0.2) is 11.9 Å². The number of benzene rings is 2. The van der Waals surface area contributed by atoms with Gasteiger partial charge in [-0.15, -0.1) is 0 Å². The van der Waals surface area contributed by atoms with E-state index >= 15 is 0 Å². The molecule has 0 aliphatic carbocycles. The normalized spacial score (nSPS) is 16.6. The summed E-state index contributed by atoms with van der Waals surface area (Å²) in [7, 11) is 0. The first-order valence-corrected chi connectivity index (χ1v) is 8.91. The molecule has 0 bridgehead atoms. The molecule has 2 aromatic rings. The summed E-state index contributed by atoms with van der Waals surface area (Å²) in [6, 6.07) is 9.29. The molecule has 0 unspecified atom stereocenters. The van der Waals surface area contributed by atoms with Crippen LogP contribution >= 0.6 is 0 Å². The van der Waals surface area contributed by atoms with Crippen molar-refractivity contribution in [2.45, 2.75) is 32.7 Å². The van der Waals surface area contributed by atoms with Crippen molar-refractivity contribution in [1.29, 1.82) is 0 Å². The molecule has 0 radical (unpaired) electrons. The molecule has 1 aliphatic rings. The van der Waals surface area contributed by atoms with Crippen molar-refractivity contribution in [3.8, 4) is 0 Å². The first-order valence-electron chi connectivity index (χ1n) is 8.91. The van der Waals surface area contributed by atoms with Gasteiger partial charge in [-0.2, -0.15) is 0 Å². The van der Waals surface area contributed by atoms with Crippen LogP contribution in [0.1, 0.15) is 43.9 Å². The molecule has 0 saturated carbocycles.